The zero-order chi connectivity index (χ0) is 13.1. The molecule has 0 spiro atoms. The maximum atomic E-state index is 10.9. The molecule has 0 unspecified atom stereocenters. The highest BCUT2D eigenvalue weighted by Crippen LogP contribution is 2.18. The number of rotatable bonds is 4. The first-order valence-electron chi connectivity index (χ1n) is 5.75. The van der Waals surface area contributed by atoms with E-state index in [1.54, 1.807) is 4.68 Å². The number of nitrogens with zero attached hydrogens (tertiary/aromatic N) is 3. The van der Waals surface area contributed by atoms with Crippen LogP contribution in [0.25, 0.3) is 0 Å². The molecule has 4 nitrogen and oxygen atoms in total. The fraction of sp³-hybridized carbons (Fsp3) is 0.308. The van der Waals surface area contributed by atoms with Crippen molar-refractivity contribution in [3.05, 3.63) is 45.7 Å². The molecular weight excluding hydrogens is 294 g/mol. The van der Waals surface area contributed by atoms with Crippen molar-refractivity contribution in [3.63, 3.8) is 0 Å². The quantitative estimate of drug-likeness (QED) is 0.816. The van der Waals surface area contributed by atoms with Crippen LogP contribution in [0.1, 0.15) is 41.5 Å². The maximum absolute atomic E-state index is 10.9. The number of carbonyl (C=O) groups excluding carboxylic acids is 1. The van der Waals surface area contributed by atoms with Gasteiger partial charge in [-0.1, -0.05) is 47.1 Å². The predicted octanol–water partition coefficient (Wildman–Crippen LogP) is 3.02. The van der Waals surface area contributed by atoms with Crippen LogP contribution >= 0.6 is 15.9 Å². The number of hydrogen-bond donors (Lipinski definition) is 0. The minimum Gasteiger partial charge on any atom is -0.296 e. The molecule has 0 saturated heterocycles. The van der Waals surface area contributed by atoms with Gasteiger partial charge in [-0.05, 0) is 23.6 Å². The van der Waals surface area contributed by atoms with Crippen LogP contribution < -0.4 is 0 Å². The first-order valence-corrected chi connectivity index (χ1v) is 6.54. The van der Waals surface area contributed by atoms with Crippen LogP contribution in [0, 0.1) is 0 Å². The Labute approximate surface area is 114 Å². The molecule has 1 aromatic heterocycles. The average Bonchev–Trinajstić information content (AvgIpc) is 2.75. The average molecular weight is 308 g/mol. The molecule has 0 aliphatic carbocycles. The largest absolute Gasteiger partial charge is 0.296 e. The molecule has 0 aliphatic rings. The van der Waals surface area contributed by atoms with E-state index in [1.807, 2.05) is 38.1 Å². The highest BCUT2D eigenvalue weighted by molar-refractivity contribution is 9.10. The minimum atomic E-state index is 0.218. The van der Waals surface area contributed by atoms with Gasteiger partial charge in [0.1, 0.15) is 5.69 Å². The lowest BCUT2D eigenvalue weighted by atomic mass is 10.1. The second-order valence-corrected chi connectivity index (χ2v) is 5.33. The number of carbonyl (C=O) groups is 1. The van der Waals surface area contributed by atoms with Crippen LogP contribution in [0.4, 0.5) is 0 Å². The summed E-state index contributed by atoms with van der Waals surface area (Å²) in [6, 6.07) is 8.02. The maximum Gasteiger partial charge on any atom is 0.172 e. The first kappa shape index (κ1) is 13.0. The SMILES string of the molecule is CC(C)c1c(C=O)nnn1Cc1ccc(Br)cc1. The van der Waals surface area contributed by atoms with E-state index in [0.29, 0.717) is 12.2 Å². The molecule has 0 aliphatic heterocycles. The molecule has 0 fully saturated rings. The Morgan fingerprint density at radius 2 is 2.00 bits per heavy atom. The highest BCUT2D eigenvalue weighted by atomic mass is 79.9. The Hall–Kier alpha value is -1.49. The smallest absolute Gasteiger partial charge is 0.172 e. The summed E-state index contributed by atoms with van der Waals surface area (Å²) in [5, 5.41) is 7.95. The summed E-state index contributed by atoms with van der Waals surface area (Å²) >= 11 is 3.40. The van der Waals surface area contributed by atoms with Crippen LogP contribution in [0.2, 0.25) is 0 Å². The molecule has 0 saturated carbocycles. The molecule has 2 aromatic rings. The van der Waals surface area contributed by atoms with E-state index >= 15 is 0 Å². The third-order valence-corrected chi connectivity index (χ3v) is 3.23. The third kappa shape index (κ3) is 2.67. The van der Waals surface area contributed by atoms with Gasteiger partial charge in [-0.15, -0.1) is 5.10 Å². The highest BCUT2D eigenvalue weighted by Gasteiger charge is 2.15. The van der Waals surface area contributed by atoms with Crippen LogP contribution in [0.3, 0.4) is 0 Å². The van der Waals surface area contributed by atoms with Crippen LogP contribution in [0.5, 0.6) is 0 Å². The van der Waals surface area contributed by atoms with Gasteiger partial charge >= 0.3 is 0 Å². The molecule has 0 radical (unpaired) electrons. The molecule has 0 amide bonds. The second kappa shape index (κ2) is 5.44. The van der Waals surface area contributed by atoms with Crippen molar-refractivity contribution in [2.24, 2.45) is 0 Å². The van der Waals surface area contributed by atoms with E-state index in [-0.39, 0.29) is 5.92 Å². The van der Waals surface area contributed by atoms with Crippen molar-refractivity contribution >= 4 is 22.2 Å². The van der Waals surface area contributed by atoms with Gasteiger partial charge < -0.3 is 0 Å². The molecule has 5 heteroatoms. The molecule has 1 aromatic carbocycles. The van der Waals surface area contributed by atoms with Gasteiger partial charge in [-0.25, -0.2) is 4.68 Å². The summed E-state index contributed by atoms with van der Waals surface area (Å²) in [4.78, 5) is 10.9. The van der Waals surface area contributed by atoms with Crippen molar-refractivity contribution in [2.45, 2.75) is 26.3 Å². The van der Waals surface area contributed by atoms with Gasteiger partial charge in [-0.3, -0.25) is 4.79 Å². The Morgan fingerprint density at radius 1 is 1.33 bits per heavy atom. The molecule has 0 atom stereocenters. The van der Waals surface area contributed by atoms with E-state index in [1.165, 1.54) is 0 Å². The van der Waals surface area contributed by atoms with Crippen molar-refractivity contribution in [3.8, 4) is 0 Å². The molecule has 2 rings (SSSR count). The van der Waals surface area contributed by atoms with E-state index in [2.05, 4.69) is 26.2 Å². The number of benzene rings is 1. The zero-order valence-corrected chi connectivity index (χ0v) is 11.9. The number of hydrogen-bond acceptors (Lipinski definition) is 3. The van der Waals surface area contributed by atoms with Gasteiger partial charge in [0, 0.05) is 4.47 Å². The molecule has 1 heterocycles. The Balaban J connectivity index is 2.31. The normalized spacial score (nSPS) is 10.9. The van der Waals surface area contributed by atoms with Crippen molar-refractivity contribution < 1.29 is 4.79 Å². The fourth-order valence-corrected chi connectivity index (χ4v) is 2.16. The standard InChI is InChI=1S/C13H14BrN3O/c1-9(2)13-12(8-18)15-16-17(13)7-10-3-5-11(14)6-4-10/h3-6,8-9H,7H2,1-2H3. The first-order chi connectivity index (χ1) is 8.61. The topological polar surface area (TPSA) is 47.8 Å². The van der Waals surface area contributed by atoms with Crippen LogP contribution in [0.15, 0.2) is 28.7 Å². The molecular formula is C13H14BrN3O. The molecule has 0 N–H and O–H groups in total. The zero-order valence-electron chi connectivity index (χ0n) is 10.3. The van der Waals surface area contributed by atoms with Gasteiger partial charge in [0.05, 0.1) is 12.2 Å². The lowest BCUT2D eigenvalue weighted by Crippen LogP contribution is -2.08. The summed E-state index contributed by atoms with van der Waals surface area (Å²) in [5.41, 5.74) is 2.44. The third-order valence-electron chi connectivity index (χ3n) is 2.71. The summed E-state index contributed by atoms with van der Waals surface area (Å²) in [7, 11) is 0. The van der Waals surface area contributed by atoms with Gasteiger partial charge in [0.25, 0.3) is 0 Å². The summed E-state index contributed by atoms with van der Waals surface area (Å²) in [6.07, 6.45) is 0.764. The van der Waals surface area contributed by atoms with Crippen LogP contribution in [-0.2, 0) is 6.54 Å². The summed E-state index contributed by atoms with van der Waals surface area (Å²) in [5.74, 6) is 0.218. The van der Waals surface area contributed by atoms with Crippen LogP contribution in [-0.4, -0.2) is 21.3 Å². The Kier molecular flexibility index (Phi) is 3.91. The molecule has 94 valence electrons. The lowest BCUT2D eigenvalue weighted by Gasteiger charge is -2.09. The number of halogens is 1. The predicted molar refractivity (Wildman–Crippen MR) is 72.7 cm³/mol. The van der Waals surface area contributed by atoms with Crippen molar-refractivity contribution in [1.82, 2.24) is 15.0 Å². The molecule has 18 heavy (non-hydrogen) atoms. The van der Waals surface area contributed by atoms with E-state index in [0.717, 1.165) is 22.0 Å². The van der Waals surface area contributed by atoms with E-state index in [9.17, 15) is 4.79 Å². The van der Waals surface area contributed by atoms with Gasteiger partial charge in [-0.2, -0.15) is 0 Å². The van der Waals surface area contributed by atoms with Gasteiger partial charge in [0.2, 0.25) is 0 Å². The summed E-state index contributed by atoms with van der Waals surface area (Å²) < 4.78 is 2.83. The van der Waals surface area contributed by atoms with Gasteiger partial charge in [0.15, 0.2) is 6.29 Å². The Morgan fingerprint density at radius 3 is 2.56 bits per heavy atom. The second-order valence-electron chi connectivity index (χ2n) is 4.42. The van der Waals surface area contributed by atoms with E-state index < -0.39 is 0 Å². The lowest BCUT2D eigenvalue weighted by molar-refractivity contribution is 0.111. The molecule has 0 bridgehead atoms. The van der Waals surface area contributed by atoms with Crippen molar-refractivity contribution in [1.29, 1.82) is 0 Å². The van der Waals surface area contributed by atoms with Crippen molar-refractivity contribution in [2.75, 3.05) is 0 Å². The monoisotopic (exact) mass is 307 g/mol. The fourth-order valence-electron chi connectivity index (χ4n) is 1.89. The number of aldehydes is 1. The minimum absolute atomic E-state index is 0.218. The number of aromatic nitrogens is 3. The van der Waals surface area contributed by atoms with E-state index in [4.69, 9.17) is 0 Å². The summed E-state index contributed by atoms with van der Waals surface area (Å²) in [6.45, 7) is 4.69. The Bertz CT molecular complexity index is 546.